The van der Waals surface area contributed by atoms with Crippen LogP contribution in [0.5, 0.6) is 0 Å². The molecule has 1 amide bonds. The number of amides is 1. The van der Waals surface area contributed by atoms with Crippen LogP contribution in [0.1, 0.15) is 5.56 Å². The maximum Gasteiger partial charge on any atom is 0.324 e. The summed E-state index contributed by atoms with van der Waals surface area (Å²) in [5.41, 5.74) is 1.70. The van der Waals surface area contributed by atoms with Gasteiger partial charge in [-0.3, -0.25) is 14.2 Å². The Morgan fingerprint density at radius 1 is 1.24 bits per heavy atom. The molecular formula is C22H19ClN6O3S. The van der Waals surface area contributed by atoms with Gasteiger partial charge in [0.2, 0.25) is 5.27 Å². The van der Waals surface area contributed by atoms with Gasteiger partial charge in [0.25, 0.3) is 12.1 Å². The Balaban J connectivity index is 1.57. The van der Waals surface area contributed by atoms with E-state index < -0.39 is 5.90 Å². The van der Waals surface area contributed by atoms with Crippen LogP contribution >= 0.6 is 23.4 Å². The van der Waals surface area contributed by atoms with Crippen molar-refractivity contribution < 1.29 is 19.2 Å². The number of nitrogens with zero attached hydrogens (tertiary/aromatic N) is 6. The molecule has 0 aliphatic carbocycles. The van der Waals surface area contributed by atoms with Crippen molar-refractivity contribution in [2.24, 2.45) is 9.98 Å². The Morgan fingerprint density at radius 2 is 1.97 bits per heavy atom. The molecule has 9 nitrogen and oxygen atoms in total. The molecule has 0 saturated carbocycles. The highest BCUT2D eigenvalue weighted by atomic mass is 35.5. The van der Waals surface area contributed by atoms with E-state index in [0.29, 0.717) is 15.9 Å². The summed E-state index contributed by atoms with van der Waals surface area (Å²) in [4.78, 5) is 24.4. The van der Waals surface area contributed by atoms with Gasteiger partial charge in [0, 0.05) is 10.8 Å². The van der Waals surface area contributed by atoms with E-state index in [1.54, 1.807) is 61.6 Å². The molecule has 0 saturated heterocycles. The third kappa shape index (κ3) is 5.41. The second-order valence-corrected chi connectivity index (χ2v) is 8.43. The summed E-state index contributed by atoms with van der Waals surface area (Å²) >= 11 is 7.07. The van der Waals surface area contributed by atoms with Crippen LogP contribution in [0.2, 0.25) is 5.02 Å². The van der Waals surface area contributed by atoms with Gasteiger partial charge in [0.05, 0.1) is 24.6 Å². The van der Waals surface area contributed by atoms with E-state index in [2.05, 4.69) is 15.3 Å². The number of aliphatic imine (C=N–C) groups is 2. The molecule has 1 aliphatic heterocycles. The summed E-state index contributed by atoms with van der Waals surface area (Å²) in [5, 5.41) is 18.8. The number of hydrogen-bond donors (Lipinski definition) is 0. The van der Waals surface area contributed by atoms with Crippen LogP contribution in [0.15, 0.2) is 81.0 Å². The zero-order valence-corrected chi connectivity index (χ0v) is 19.3. The number of carbonyl (C=O) groups excluding carboxylic acids is 1. The van der Waals surface area contributed by atoms with E-state index in [-0.39, 0.29) is 23.2 Å². The first-order valence-electron chi connectivity index (χ1n) is 9.80. The molecule has 33 heavy (non-hydrogen) atoms. The fraction of sp³-hybridized carbons (Fsp3) is 0.136. The minimum absolute atomic E-state index is 0.0354. The lowest BCUT2D eigenvalue weighted by Crippen LogP contribution is -2.53. The highest BCUT2D eigenvalue weighted by molar-refractivity contribution is 8.14. The average molecular weight is 483 g/mol. The molecule has 1 aliphatic rings. The van der Waals surface area contributed by atoms with Gasteiger partial charge in [-0.1, -0.05) is 53.7 Å². The molecule has 0 fully saturated rings. The average Bonchev–Trinajstić information content (AvgIpc) is 3.39. The minimum atomic E-state index is -0.444. The molecule has 0 atom stereocenters. The Hall–Kier alpha value is -3.63. The number of thioether (sulfide) groups is 1. The van der Waals surface area contributed by atoms with Crippen LogP contribution in [0.25, 0.3) is 6.08 Å². The number of halogens is 1. The molecule has 11 heteroatoms. The smallest absolute Gasteiger partial charge is 0.324 e. The maximum absolute atomic E-state index is 13.2. The second kappa shape index (κ2) is 9.88. The first-order valence-corrected chi connectivity index (χ1v) is 11.2. The Morgan fingerprint density at radius 3 is 2.64 bits per heavy atom. The maximum atomic E-state index is 13.2. The third-order valence-corrected chi connectivity index (χ3v) is 5.61. The van der Waals surface area contributed by atoms with Crippen LogP contribution in [-0.4, -0.2) is 42.1 Å². The molecule has 2 aromatic carbocycles. The van der Waals surface area contributed by atoms with Crippen LogP contribution < -0.4 is 19.8 Å². The molecule has 4 rings (SSSR count). The standard InChI is InChI=1S/C22H19ClN6O3S/c1-27(2)28-13-20(32-26-28)25-19(30)14-33-22-24-18(12-15-8-10-16(23)11-9-15)21(31)29(22)17-6-4-3-5-7-17/h3-13H,14H2,1-2H3/b18-12+. The number of hydrogen-bond acceptors (Lipinski definition) is 8. The largest absolute Gasteiger partial charge is 0.861 e. The summed E-state index contributed by atoms with van der Waals surface area (Å²) in [6, 6.07) is 16.2. The first kappa shape index (κ1) is 22.6. The van der Waals surface area contributed by atoms with Crippen LogP contribution in [0.3, 0.4) is 0 Å². The lowest BCUT2D eigenvalue weighted by molar-refractivity contribution is -0.753. The lowest BCUT2D eigenvalue weighted by Gasteiger charge is -2.18. The lowest BCUT2D eigenvalue weighted by atomic mass is 10.2. The van der Waals surface area contributed by atoms with Crippen molar-refractivity contribution in [3.05, 3.63) is 77.1 Å². The number of aromatic nitrogens is 2. The zero-order valence-electron chi connectivity index (χ0n) is 17.8. The fourth-order valence-electron chi connectivity index (χ4n) is 2.86. The third-order valence-electron chi connectivity index (χ3n) is 4.43. The first-order chi connectivity index (χ1) is 15.9. The molecule has 3 aromatic rings. The van der Waals surface area contributed by atoms with E-state index in [9.17, 15) is 9.90 Å². The predicted molar refractivity (Wildman–Crippen MR) is 127 cm³/mol. The van der Waals surface area contributed by atoms with Crippen molar-refractivity contribution >= 4 is 58.0 Å². The van der Waals surface area contributed by atoms with E-state index in [0.717, 1.165) is 17.3 Å². The topological polar surface area (TPSA) is 101 Å². The van der Waals surface area contributed by atoms with E-state index in [1.165, 1.54) is 15.9 Å². The Kier molecular flexibility index (Phi) is 6.76. The predicted octanol–water partition coefficient (Wildman–Crippen LogP) is 2.38. The summed E-state index contributed by atoms with van der Waals surface area (Å²) in [7, 11) is 3.54. The van der Waals surface area contributed by atoms with Crippen molar-refractivity contribution in [2.75, 3.05) is 29.8 Å². The highest BCUT2D eigenvalue weighted by Gasteiger charge is 2.31. The molecule has 0 bridgehead atoms. The van der Waals surface area contributed by atoms with Crippen molar-refractivity contribution in [1.29, 1.82) is 0 Å². The van der Waals surface area contributed by atoms with Crippen LogP contribution in [-0.2, 0) is 4.79 Å². The van der Waals surface area contributed by atoms with Crippen molar-refractivity contribution in [3.63, 3.8) is 0 Å². The molecular weight excluding hydrogens is 464 g/mol. The summed E-state index contributed by atoms with van der Waals surface area (Å²) < 4.78 is 5.03. The molecule has 168 valence electrons. The van der Waals surface area contributed by atoms with Gasteiger partial charge in [-0.15, -0.1) is 0 Å². The van der Waals surface area contributed by atoms with Gasteiger partial charge >= 0.3 is 5.88 Å². The quantitative estimate of drug-likeness (QED) is 0.231. The van der Waals surface area contributed by atoms with Gasteiger partial charge in [0.15, 0.2) is 5.17 Å². The van der Waals surface area contributed by atoms with Crippen molar-refractivity contribution in [1.82, 2.24) is 5.27 Å². The Labute approximate surface area is 199 Å². The van der Waals surface area contributed by atoms with Gasteiger partial charge < -0.3 is 5.11 Å². The fourth-order valence-corrected chi connectivity index (χ4v) is 3.79. The molecule has 2 heterocycles. The monoisotopic (exact) mass is 482 g/mol. The van der Waals surface area contributed by atoms with Crippen LogP contribution in [0.4, 0.5) is 11.6 Å². The van der Waals surface area contributed by atoms with Crippen LogP contribution in [0, 0.1) is 0 Å². The minimum Gasteiger partial charge on any atom is -0.861 e. The van der Waals surface area contributed by atoms with Gasteiger partial charge in [-0.05, 0) is 41.8 Å². The number of benzene rings is 2. The molecule has 0 radical (unpaired) electrons. The number of para-hydroxylation sites is 1. The summed E-state index contributed by atoms with van der Waals surface area (Å²) in [6.45, 7) is 0. The number of amidine groups is 1. The van der Waals surface area contributed by atoms with E-state index >= 15 is 0 Å². The summed E-state index contributed by atoms with van der Waals surface area (Å²) in [6.07, 6.45) is 3.17. The molecule has 1 aromatic heterocycles. The van der Waals surface area contributed by atoms with Gasteiger partial charge in [-0.25, -0.2) is 9.98 Å². The van der Waals surface area contributed by atoms with Gasteiger partial charge in [0.1, 0.15) is 5.70 Å². The van der Waals surface area contributed by atoms with E-state index in [4.69, 9.17) is 16.1 Å². The van der Waals surface area contributed by atoms with Crippen molar-refractivity contribution in [3.8, 4) is 0 Å². The normalized spacial score (nSPS) is 15.3. The molecule has 0 unspecified atom stereocenters. The number of anilines is 1. The number of rotatable bonds is 6. The Bertz CT molecular complexity index is 1240. The molecule has 0 N–H and O–H groups in total. The molecule has 0 spiro atoms. The van der Waals surface area contributed by atoms with Gasteiger partial charge in [-0.2, -0.15) is 5.01 Å². The second-order valence-electron chi connectivity index (χ2n) is 7.05. The van der Waals surface area contributed by atoms with Crippen molar-refractivity contribution in [2.45, 2.75) is 0 Å². The number of carbonyl (C=O) groups is 1. The highest BCUT2D eigenvalue weighted by Crippen LogP contribution is 2.29. The SMILES string of the molecule is CN(C)[n+]1cc(/N=C(/[O-])CSC2=N/C(=C/c3ccc(Cl)cc3)C(=O)N2c2ccccc2)on1. The zero-order chi connectivity index (χ0) is 23.4. The van der Waals surface area contributed by atoms with E-state index in [1.807, 2.05) is 18.2 Å². The summed E-state index contributed by atoms with van der Waals surface area (Å²) in [5.74, 6) is -0.681.